The fraction of sp³-hybridized carbons (Fsp3) is 0.632. The number of carbonyl (C=O) groups is 1. The number of nitrogens with one attached hydrogen (secondary N) is 1. The molecule has 1 aromatic rings. The maximum Gasteiger partial charge on any atom is 0.225 e. The third kappa shape index (κ3) is 7.21. The number of rotatable bonds is 9. The zero-order chi connectivity index (χ0) is 19.9. The summed E-state index contributed by atoms with van der Waals surface area (Å²) in [4.78, 5) is 14.5. The van der Waals surface area contributed by atoms with Crippen molar-refractivity contribution in [3.8, 4) is 0 Å². The molecule has 2 rings (SSSR count). The van der Waals surface area contributed by atoms with E-state index in [0.717, 1.165) is 24.3 Å². The van der Waals surface area contributed by atoms with E-state index in [1.165, 1.54) is 10.6 Å². The van der Waals surface area contributed by atoms with E-state index in [9.17, 15) is 13.2 Å². The van der Waals surface area contributed by atoms with E-state index in [1.807, 2.05) is 24.3 Å². The van der Waals surface area contributed by atoms with Gasteiger partial charge in [0.1, 0.15) is 0 Å². The highest BCUT2D eigenvalue weighted by molar-refractivity contribution is 7.88. The number of morpholine rings is 1. The molecule has 0 bridgehead atoms. The Morgan fingerprint density at radius 1 is 1.22 bits per heavy atom. The smallest absolute Gasteiger partial charge is 0.225 e. The molecule has 0 radical (unpaired) electrons. The number of ether oxygens (including phenoxy) is 1. The molecule has 0 atom stereocenters. The van der Waals surface area contributed by atoms with Crippen molar-refractivity contribution in [3.05, 3.63) is 29.8 Å². The van der Waals surface area contributed by atoms with Crippen LogP contribution in [0.2, 0.25) is 0 Å². The molecule has 1 saturated heterocycles. The fourth-order valence-electron chi connectivity index (χ4n) is 3.07. The van der Waals surface area contributed by atoms with Crippen LogP contribution in [0, 0.1) is 0 Å². The van der Waals surface area contributed by atoms with Gasteiger partial charge in [-0.2, -0.15) is 0 Å². The van der Waals surface area contributed by atoms with Gasteiger partial charge >= 0.3 is 0 Å². The number of sulfonamides is 1. The van der Waals surface area contributed by atoms with Crippen LogP contribution in [0.15, 0.2) is 24.3 Å². The highest BCUT2D eigenvalue weighted by Crippen LogP contribution is 2.23. The van der Waals surface area contributed by atoms with Crippen molar-refractivity contribution in [3.63, 3.8) is 0 Å². The van der Waals surface area contributed by atoms with Crippen LogP contribution in [-0.2, 0) is 19.6 Å². The van der Waals surface area contributed by atoms with Gasteiger partial charge in [-0.1, -0.05) is 32.0 Å². The third-order valence-corrected chi connectivity index (χ3v) is 5.99. The number of carbonyl (C=O) groups excluding carboxylic acids is 1. The molecule has 1 aromatic carbocycles. The SMILES string of the molecule is CC(C)c1ccccc1NC(=O)CCN(CCN1CCOCC1)S(C)(=O)=O. The molecule has 1 amide bonds. The van der Waals surface area contributed by atoms with E-state index in [0.29, 0.717) is 32.2 Å². The van der Waals surface area contributed by atoms with Crippen LogP contribution in [0.4, 0.5) is 5.69 Å². The molecule has 152 valence electrons. The van der Waals surface area contributed by atoms with Gasteiger partial charge in [0.2, 0.25) is 15.9 Å². The summed E-state index contributed by atoms with van der Waals surface area (Å²) in [5, 5.41) is 2.92. The zero-order valence-corrected chi connectivity index (χ0v) is 17.3. The molecule has 27 heavy (non-hydrogen) atoms. The lowest BCUT2D eigenvalue weighted by Gasteiger charge is -2.29. The minimum absolute atomic E-state index is 0.128. The number of hydrogen-bond donors (Lipinski definition) is 1. The van der Waals surface area contributed by atoms with Crippen molar-refractivity contribution < 1.29 is 17.9 Å². The van der Waals surface area contributed by atoms with Gasteiger partial charge in [0.05, 0.1) is 19.5 Å². The lowest BCUT2D eigenvalue weighted by Crippen LogP contribution is -2.43. The molecule has 0 unspecified atom stereocenters. The summed E-state index contributed by atoms with van der Waals surface area (Å²) in [5.41, 5.74) is 1.86. The molecule has 1 aliphatic heterocycles. The molecule has 0 saturated carbocycles. The van der Waals surface area contributed by atoms with Crippen LogP contribution >= 0.6 is 0 Å². The monoisotopic (exact) mass is 397 g/mol. The van der Waals surface area contributed by atoms with Crippen molar-refractivity contribution in [1.82, 2.24) is 9.21 Å². The second-order valence-electron chi connectivity index (χ2n) is 7.16. The predicted octanol–water partition coefficient (Wildman–Crippen LogP) is 1.73. The first-order valence-electron chi connectivity index (χ1n) is 9.41. The van der Waals surface area contributed by atoms with Crippen LogP contribution < -0.4 is 5.32 Å². The van der Waals surface area contributed by atoms with E-state index in [1.54, 1.807) is 0 Å². The summed E-state index contributed by atoms with van der Waals surface area (Å²) in [6, 6.07) is 7.69. The summed E-state index contributed by atoms with van der Waals surface area (Å²) in [5.74, 6) is 0.116. The predicted molar refractivity (Wildman–Crippen MR) is 107 cm³/mol. The molecular formula is C19H31N3O4S. The van der Waals surface area contributed by atoms with E-state index in [-0.39, 0.29) is 18.9 Å². The molecule has 8 heteroatoms. The van der Waals surface area contributed by atoms with E-state index in [2.05, 4.69) is 24.1 Å². The quantitative estimate of drug-likeness (QED) is 0.687. The molecule has 0 aliphatic carbocycles. The Kier molecular flexibility index (Phi) is 8.22. The van der Waals surface area contributed by atoms with E-state index in [4.69, 9.17) is 4.74 Å². The summed E-state index contributed by atoms with van der Waals surface area (Å²) >= 11 is 0. The maximum absolute atomic E-state index is 12.4. The minimum Gasteiger partial charge on any atom is -0.379 e. The topological polar surface area (TPSA) is 79.0 Å². The number of amides is 1. The van der Waals surface area contributed by atoms with Gasteiger partial charge in [0.15, 0.2) is 0 Å². The standard InChI is InChI=1S/C19H31N3O4S/c1-16(2)17-6-4-5-7-18(17)20-19(23)8-9-22(27(3,24)25)11-10-21-12-14-26-15-13-21/h4-7,16H,8-15H2,1-3H3,(H,20,23). The van der Waals surface area contributed by atoms with Gasteiger partial charge < -0.3 is 10.1 Å². The molecule has 0 spiro atoms. The first-order valence-corrected chi connectivity index (χ1v) is 11.3. The molecular weight excluding hydrogens is 366 g/mol. The molecule has 7 nitrogen and oxygen atoms in total. The van der Waals surface area contributed by atoms with Gasteiger partial charge in [0, 0.05) is 44.8 Å². The first kappa shape index (κ1) is 21.8. The second kappa shape index (κ2) is 10.2. The Morgan fingerprint density at radius 3 is 2.52 bits per heavy atom. The number of nitrogens with zero attached hydrogens (tertiary/aromatic N) is 2. The van der Waals surface area contributed by atoms with Crippen molar-refractivity contribution in [2.24, 2.45) is 0 Å². The lowest BCUT2D eigenvalue weighted by atomic mass is 10.0. The molecule has 1 fully saturated rings. The normalized spacial score (nSPS) is 16.0. The lowest BCUT2D eigenvalue weighted by molar-refractivity contribution is -0.116. The molecule has 1 heterocycles. The number of hydrogen-bond acceptors (Lipinski definition) is 5. The van der Waals surface area contributed by atoms with Crippen molar-refractivity contribution >= 4 is 21.6 Å². The summed E-state index contributed by atoms with van der Waals surface area (Å²) in [6.45, 7) is 8.33. The second-order valence-corrected chi connectivity index (χ2v) is 9.14. The number of anilines is 1. The average molecular weight is 398 g/mol. The summed E-state index contributed by atoms with van der Waals surface area (Å²) in [7, 11) is -3.36. The van der Waals surface area contributed by atoms with Crippen molar-refractivity contribution in [2.45, 2.75) is 26.2 Å². The molecule has 1 aliphatic rings. The van der Waals surface area contributed by atoms with Crippen LogP contribution in [0.5, 0.6) is 0 Å². The van der Waals surface area contributed by atoms with Gasteiger partial charge in [0.25, 0.3) is 0 Å². The van der Waals surface area contributed by atoms with Gasteiger partial charge in [-0.05, 0) is 17.5 Å². The number of para-hydroxylation sites is 1. The van der Waals surface area contributed by atoms with Crippen LogP contribution in [0.3, 0.4) is 0 Å². The first-order chi connectivity index (χ1) is 12.8. The van der Waals surface area contributed by atoms with Crippen LogP contribution in [0.25, 0.3) is 0 Å². The minimum atomic E-state index is -3.36. The van der Waals surface area contributed by atoms with E-state index < -0.39 is 10.0 Å². The largest absolute Gasteiger partial charge is 0.379 e. The summed E-state index contributed by atoms with van der Waals surface area (Å²) in [6.07, 6.45) is 1.32. The molecule has 1 N–H and O–H groups in total. The Balaban J connectivity index is 1.89. The molecule has 0 aromatic heterocycles. The van der Waals surface area contributed by atoms with Gasteiger partial charge in [-0.15, -0.1) is 0 Å². The van der Waals surface area contributed by atoms with Gasteiger partial charge in [-0.3, -0.25) is 9.69 Å². The Bertz CT molecular complexity index is 715. The number of benzene rings is 1. The van der Waals surface area contributed by atoms with Gasteiger partial charge in [-0.25, -0.2) is 12.7 Å². The average Bonchev–Trinajstić information content (AvgIpc) is 2.61. The van der Waals surface area contributed by atoms with Crippen LogP contribution in [0.1, 0.15) is 31.7 Å². The Labute approximate surface area is 162 Å². The Morgan fingerprint density at radius 2 is 1.89 bits per heavy atom. The highest BCUT2D eigenvalue weighted by atomic mass is 32.2. The van der Waals surface area contributed by atoms with Crippen LogP contribution in [-0.4, -0.2) is 75.7 Å². The summed E-state index contributed by atoms with van der Waals surface area (Å²) < 4.78 is 30.8. The maximum atomic E-state index is 12.4. The van der Waals surface area contributed by atoms with Crippen molar-refractivity contribution in [1.29, 1.82) is 0 Å². The Hall–Kier alpha value is -1.48. The highest BCUT2D eigenvalue weighted by Gasteiger charge is 2.20. The third-order valence-electron chi connectivity index (χ3n) is 4.68. The fourth-order valence-corrected chi connectivity index (χ4v) is 3.91. The van der Waals surface area contributed by atoms with E-state index >= 15 is 0 Å². The zero-order valence-electron chi connectivity index (χ0n) is 16.5. The van der Waals surface area contributed by atoms with Crippen molar-refractivity contribution in [2.75, 3.05) is 57.5 Å².